The molecule has 1 heterocycles. The average Bonchev–Trinajstić information content (AvgIpc) is 2.70. The summed E-state index contributed by atoms with van der Waals surface area (Å²) in [6.07, 6.45) is 1.34. The first kappa shape index (κ1) is 15.2. The van der Waals surface area contributed by atoms with Gasteiger partial charge in [0, 0.05) is 16.5 Å². The summed E-state index contributed by atoms with van der Waals surface area (Å²) in [6, 6.07) is 2.38. The maximum absolute atomic E-state index is 5.67. The van der Waals surface area contributed by atoms with E-state index in [1.165, 1.54) is 9.35 Å². The van der Waals surface area contributed by atoms with Gasteiger partial charge >= 0.3 is 0 Å². The van der Waals surface area contributed by atoms with Gasteiger partial charge in [-0.05, 0) is 46.3 Å². The molecule has 4 heteroatoms. The smallest absolute Gasteiger partial charge is 0.0797 e. The van der Waals surface area contributed by atoms with Crippen molar-refractivity contribution in [3.05, 3.63) is 20.8 Å². The first-order chi connectivity index (χ1) is 8.11. The Morgan fingerprint density at radius 1 is 1.47 bits per heavy atom. The number of hydrogen-bond donors (Lipinski definition) is 1. The van der Waals surface area contributed by atoms with Crippen molar-refractivity contribution in [2.75, 3.05) is 13.7 Å². The van der Waals surface area contributed by atoms with Crippen molar-refractivity contribution in [3.63, 3.8) is 0 Å². The Balaban J connectivity index is 2.90. The average molecular weight is 320 g/mol. The van der Waals surface area contributed by atoms with Crippen molar-refractivity contribution < 1.29 is 4.74 Å². The van der Waals surface area contributed by atoms with Crippen LogP contribution >= 0.6 is 27.3 Å². The molecule has 0 aromatic carbocycles. The van der Waals surface area contributed by atoms with Crippen molar-refractivity contribution in [3.8, 4) is 0 Å². The lowest BCUT2D eigenvalue weighted by molar-refractivity contribution is 0.0335. The second kappa shape index (κ2) is 7.52. The standard InChI is InChI=1S/C13H22BrNOS/c1-5-7-15-11(12(16-4)9(2)3)13-10(14)6-8-17-13/h6,8-9,11-12,15H,5,7H2,1-4H3. The lowest BCUT2D eigenvalue weighted by Gasteiger charge is -2.29. The van der Waals surface area contributed by atoms with Crippen LogP contribution in [-0.2, 0) is 4.74 Å². The third kappa shape index (κ3) is 4.05. The molecule has 2 nitrogen and oxygen atoms in total. The van der Waals surface area contributed by atoms with E-state index in [1.807, 2.05) is 0 Å². The van der Waals surface area contributed by atoms with Gasteiger partial charge in [0.15, 0.2) is 0 Å². The minimum atomic E-state index is 0.205. The molecule has 2 atom stereocenters. The van der Waals surface area contributed by atoms with Crippen LogP contribution < -0.4 is 5.32 Å². The van der Waals surface area contributed by atoms with Crippen molar-refractivity contribution in [1.29, 1.82) is 0 Å². The van der Waals surface area contributed by atoms with Crippen LogP contribution in [0.4, 0.5) is 0 Å². The van der Waals surface area contributed by atoms with Crippen LogP contribution in [0.3, 0.4) is 0 Å². The Bertz CT molecular complexity index is 327. The SMILES string of the molecule is CCCNC(c1sccc1Br)C(OC)C(C)C. The summed E-state index contributed by atoms with van der Waals surface area (Å²) in [5.41, 5.74) is 0. The largest absolute Gasteiger partial charge is 0.379 e. The zero-order valence-corrected chi connectivity index (χ0v) is 13.4. The second-order valence-corrected chi connectivity index (χ2v) is 6.31. The minimum Gasteiger partial charge on any atom is -0.379 e. The fourth-order valence-corrected chi connectivity index (χ4v) is 3.71. The third-order valence-corrected chi connectivity index (χ3v) is 4.75. The van der Waals surface area contributed by atoms with Crippen molar-refractivity contribution in [1.82, 2.24) is 5.32 Å². The highest BCUT2D eigenvalue weighted by Crippen LogP contribution is 2.34. The van der Waals surface area contributed by atoms with Gasteiger partial charge < -0.3 is 10.1 Å². The van der Waals surface area contributed by atoms with Crippen molar-refractivity contribution >= 4 is 27.3 Å². The summed E-state index contributed by atoms with van der Waals surface area (Å²) in [7, 11) is 1.80. The van der Waals surface area contributed by atoms with Gasteiger partial charge in [0.05, 0.1) is 12.1 Å². The molecule has 0 aliphatic carbocycles. The third-order valence-electron chi connectivity index (χ3n) is 2.80. The number of ether oxygens (including phenoxy) is 1. The predicted octanol–water partition coefficient (Wildman–Crippen LogP) is 4.22. The summed E-state index contributed by atoms with van der Waals surface area (Å²) in [4.78, 5) is 1.33. The highest BCUT2D eigenvalue weighted by Gasteiger charge is 2.27. The lowest BCUT2D eigenvalue weighted by atomic mass is 9.98. The number of nitrogens with one attached hydrogen (secondary N) is 1. The number of hydrogen-bond acceptors (Lipinski definition) is 3. The van der Waals surface area contributed by atoms with E-state index in [2.05, 4.69) is 53.5 Å². The summed E-state index contributed by atoms with van der Waals surface area (Å²) in [5.74, 6) is 0.489. The molecule has 1 aromatic heterocycles. The molecule has 0 saturated heterocycles. The molecular weight excluding hydrogens is 298 g/mol. The Morgan fingerprint density at radius 3 is 2.59 bits per heavy atom. The lowest BCUT2D eigenvalue weighted by Crippen LogP contribution is -2.36. The highest BCUT2D eigenvalue weighted by atomic mass is 79.9. The van der Waals surface area contributed by atoms with Gasteiger partial charge in [0.1, 0.15) is 0 Å². The van der Waals surface area contributed by atoms with E-state index in [-0.39, 0.29) is 12.1 Å². The summed E-state index contributed by atoms with van der Waals surface area (Å²) in [5, 5.41) is 5.72. The van der Waals surface area contributed by atoms with Crippen LogP contribution in [-0.4, -0.2) is 19.8 Å². The number of methoxy groups -OCH3 is 1. The van der Waals surface area contributed by atoms with E-state index >= 15 is 0 Å². The van der Waals surface area contributed by atoms with Crippen LogP contribution in [0.5, 0.6) is 0 Å². The molecule has 0 fully saturated rings. The monoisotopic (exact) mass is 319 g/mol. The molecule has 2 unspecified atom stereocenters. The van der Waals surface area contributed by atoms with Crippen LogP contribution in [0.2, 0.25) is 0 Å². The van der Waals surface area contributed by atoms with Crippen molar-refractivity contribution in [2.24, 2.45) is 5.92 Å². The first-order valence-electron chi connectivity index (χ1n) is 6.10. The number of thiophene rings is 1. The number of rotatable bonds is 7. The molecule has 98 valence electrons. The zero-order valence-electron chi connectivity index (χ0n) is 11.0. The maximum atomic E-state index is 5.67. The Hall–Kier alpha value is 0.1000. The van der Waals surface area contributed by atoms with Gasteiger partial charge in [-0.3, -0.25) is 0 Å². The summed E-state index contributed by atoms with van der Waals surface area (Å²) in [6.45, 7) is 7.61. The van der Waals surface area contributed by atoms with Gasteiger partial charge in [-0.2, -0.15) is 0 Å². The molecule has 0 radical (unpaired) electrons. The van der Waals surface area contributed by atoms with E-state index < -0.39 is 0 Å². The molecule has 0 amide bonds. The van der Waals surface area contributed by atoms with Crippen LogP contribution in [0.15, 0.2) is 15.9 Å². The van der Waals surface area contributed by atoms with E-state index in [0.29, 0.717) is 5.92 Å². The van der Waals surface area contributed by atoms with Gasteiger partial charge in [-0.15, -0.1) is 11.3 Å². The fraction of sp³-hybridized carbons (Fsp3) is 0.692. The van der Waals surface area contributed by atoms with Gasteiger partial charge in [0.2, 0.25) is 0 Å². The normalized spacial score (nSPS) is 15.2. The molecule has 1 aromatic rings. The summed E-state index contributed by atoms with van der Waals surface area (Å²) >= 11 is 5.40. The Morgan fingerprint density at radius 2 is 2.18 bits per heavy atom. The van der Waals surface area contributed by atoms with Crippen LogP contribution in [0, 0.1) is 5.92 Å². The van der Waals surface area contributed by atoms with Crippen LogP contribution in [0.1, 0.15) is 38.1 Å². The topological polar surface area (TPSA) is 21.3 Å². The van der Waals surface area contributed by atoms with E-state index in [4.69, 9.17) is 4.74 Å². The highest BCUT2D eigenvalue weighted by molar-refractivity contribution is 9.10. The molecule has 17 heavy (non-hydrogen) atoms. The molecule has 1 rings (SSSR count). The van der Waals surface area contributed by atoms with E-state index in [9.17, 15) is 0 Å². The second-order valence-electron chi connectivity index (χ2n) is 4.51. The van der Waals surface area contributed by atoms with Gasteiger partial charge in [-0.25, -0.2) is 0 Å². The van der Waals surface area contributed by atoms with Gasteiger partial charge in [0.25, 0.3) is 0 Å². The van der Waals surface area contributed by atoms with Gasteiger partial charge in [-0.1, -0.05) is 20.8 Å². The zero-order chi connectivity index (χ0) is 12.8. The van der Waals surface area contributed by atoms with Crippen LogP contribution in [0.25, 0.3) is 0 Å². The quantitative estimate of drug-likeness (QED) is 0.812. The molecule has 0 spiro atoms. The van der Waals surface area contributed by atoms with E-state index in [0.717, 1.165) is 13.0 Å². The number of halogens is 1. The Kier molecular flexibility index (Phi) is 6.70. The molecular formula is C13H22BrNOS. The molecule has 0 aliphatic rings. The maximum Gasteiger partial charge on any atom is 0.0797 e. The molecule has 1 N–H and O–H groups in total. The first-order valence-corrected chi connectivity index (χ1v) is 7.78. The minimum absolute atomic E-state index is 0.205. The van der Waals surface area contributed by atoms with E-state index in [1.54, 1.807) is 18.4 Å². The molecule has 0 saturated carbocycles. The fourth-order valence-electron chi connectivity index (χ4n) is 1.98. The van der Waals surface area contributed by atoms with Crippen molar-refractivity contribution in [2.45, 2.75) is 39.3 Å². The Labute approximate surface area is 117 Å². The molecule has 0 bridgehead atoms. The summed E-state index contributed by atoms with van der Waals surface area (Å²) < 4.78 is 6.85. The predicted molar refractivity (Wildman–Crippen MR) is 78.7 cm³/mol. The molecule has 0 aliphatic heterocycles.